The summed E-state index contributed by atoms with van der Waals surface area (Å²) in [5, 5.41) is 0.236. The van der Waals surface area contributed by atoms with E-state index in [4.69, 9.17) is 11.6 Å². The van der Waals surface area contributed by atoms with Gasteiger partial charge >= 0.3 is 0 Å². The topological polar surface area (TPSA) is 46.1 Å². The van der Waals surface area contributed by atoms with Gasteiger partial charge in [-0.3, -0.25) is 9.69 Å². The second-order valence-electron chi connectivity index (χ2n) is 6.11. The van der Waals surface area contributed by atoms with E-state index < -0.39 is 0 Å². The third-order valence-corrected chi connectivity index (χ3v) is 5.19. The summed E-state index contributed by atoms with van der Waals surface area (Å²) in [4.78, 5) is 23.2. The van der Waals surface area contributed by atoms with Crippen molar-refractivity contribution < 1.29 is 4.79 Å². The molecule has 0 aromatic carbocycles. The summed E-state index contributed by atoms with van der Waals surface area (Å²) in [6, 6.07) is 0.289. The van der Waals surface area contributed by atoms with Crippen LogP contribution in [0.3, 0.4) is 0 Å². The average Bonchev–Trinajstić information content (AvgIpc) is 3.03. The van der Waals surface area contributed by atoms with E-state index in [1.165, 1.54) is 12.8 Å². The minimum atomic E-state index is -0.303. The number of carbonyl (C=O) groups is 1. The highest BCUT2D eigenvalue weighted by Crippen LogP contribution is 2.58. The molecule has 2 heterocycles. The van der Waals surface area contributed by atoms with Crippen molar-refractivity contribution in [3.05, 3.63) is 17.0 Å². The predicted octanol–water partition coefficient (Wildman–Crippen LogP) is 2.70. The van der Waals surface area contributed by atoms with Gasteiger partial charge in [-0.25, -0.2) is 4.98 Å². The fourth-order valence-electron chi connectivity index (χ4n) is 3.74. The molecule has 3 aliphatic rings. The van der Waals surface area contributed by atoms with Gasteiger partial charge < -0.3 is 0 Å². The number of aromatic nitrogens is 2. The summed E-state index contributed by atoms with van der Waals surface area (Å²) in [5.74, 6) is 1.55. The second kappa shape index (κ2) is 3.69. The monoisotopic (exact) mass is 277 g/mol. The Morgan fingerprint density at radius 3 is 2.84 bits per heavy atom. The van der Waals surface area contributed by atoms with Crippen molar-refractivity contribution in [2.75, 3.05) is 4.90 Å². The number of hydrogen-bond acceptors (Lipinski definition) is 3. The largest absolute Gasteiger partial charge is 0.292 e. The first kappa shape index (κ1) is 11.6. The van der Waals surface area contributed by atoms with E-state index in [9.17, 15) is 4.79 Å². The molecule has 4 nitrogen and oxygen atoms in total. The van der Waals surface area contributed by atoms with Crippen molar-refractivity contribution in [3.63, 3.8) is 0 Å². The Bertz CT molecular complexity index is 570. The van der Waals surface area contributed by atoms with Crippen LogP contribution >= 0.6 is 11.6 Å². The average molecular weight is 278 g/mol. The number of anilines is 1. The number of hydrogen-bond donors (Lipinski definition) is 0. The van der Waals surface area contributed by atoms with E-state index >= 15 is 0 Å². The number of halogens is 1. The van der Waals surface area contributed by atoms with Gasteiger partial charge in [-0.2, -0.15) is 4.98 Å². The Morgan fingerprint density at radius 1 is 1.42 bits per heavy atom. The molecule has 2 aliphatic carbocycles. The summed E-state index contributed by atoms with van der Waals surface area (Å²) in [6.45, 7) is 2.23. The number of carbonyl (C=O) groups excluding carboxylic acids is 1. The first-order chi connectivity index (χ1) is 9.13. The highest BCUT2D eigenvalue weighted by atomic mass is 35.5. The Morgan fingerprint density at radius 2 is 2.21 bits per heavy atom. The van der Waals surface area contributed by atoms with Crippen molar-refractivity contribution in [1.82, 2.24) is 9.97 Å². The summed E-state index contributed by atoms with van der Waals surface area (Å²) in [5.41, 5.74) is 0.698. The molecule has 19 heavy (non-hydrogen) atoms. The van der Waals surface area contributed by atoms with Gasteiger partial charge in [0.25, 0.3) is 0 Å². The standard InChI is InChI=1S/C14H16ClN3O/c1-8-3-2-4-10(8)18-11-9(7-16-13(15)17-11)14(5-6-14)12(18)19/h7-8,10H,2-6H2,1H3/t8-,10-/m1/s1. The predicted molar refractivity (Wildman–Crippen MR) is 72.2 cm³/mol. The van der Waals surface area contributed by atoms with Gasteiger partial charge in [0.1, 0.15) is 5.82 Å². The lowest BCUT2D eigenvalue weighted by Crippen LogP contribution is -2.42. The molecule has 0 N–H and O–H groups in total. The maximum absolute atomic E-state index is 12.8. The smallest absolute Gasteiger partial charge is 0.239 e. The van der Waals surface area contributed by atoms with Crippen LogP contribution in [0.5, 0.6) is 0 Å². The molecule has 4 rings (SSSR count). The number of fused-ring (bicyclic) bond motifs is 2. The van der Waals surface area contributed by atoms with E-state index in [0.29, 0.717) is 5.92 Å². The van der Waals surface area contributed by atoms with Crippen molar-refractivity contribution in [1.29, 1.82) is 0 Å². The van der Waals surface area contributed by atoms with E-state index in [-0.39, 0.29) is 22.6 Å². The van der Waals surface area contributed by atoms with Crippen LogP contribution in [-0.4, -0.2) is 21.9 Å². The number of amides is 1. The van der Waals surface area contributed by atoms with E-state index in [2.05, 4.69) is 16.9 Å². The minimum absolute atomic E-state index is 0.234. The van der Waals surface area contributed by atoms with Crippen LogP contribution < -0.4 is 4.90 Å². The van der Waals surface area contributed by atoms with Gasteiger partial charge in [0.2, 0.25) is 11.2 Å². The molecule has 2 atom stereocenters. The molecule has 0 radical (unpaired) electrons. The number of nitrogens with zero attached hydrogens (tertiary/aromatic N) is 3. The molecule has 5 heteroatoms. The van der Waals surface area contributed by atoms with Crippen molar-refractivity contribution in [3.8, 4) is 0 Å². The van der Waals surface area contributed by atoms with Gasteiger partial charge in [0.15, 0.2) is 0 Å². The van der Waals surface area contributed by atoms with Gasteiger partial charge in [0, 0.05) is 17.8 Å². The first-order valence-corrected chi connectivity index (χ1v) is 7.38. The summed E-state index contributed by atoms with van der Waals surface area (Å²) < 4.78 is 0. The lowest BCUT2D eigenvalue weighted by atomic mass is 10.0. The van der Waals surface area contributed by atoms with Crippen LogP contribution in [-0.2, 0) is 10.2 Å². The van der Waals surface area contributed by atoms with E-state index in [1.54, 1.807) is 6.20 Å². The Labute approximate surface area is 117 Å². The molecule has 0 unspecified atom stereocenters. The second-order valence-corrected chi connectivity index (χ2v) is 6.45. The SMILES string of the molecule is C[C@@H]1CCC[C@H]1N1C(=O)C2(CC2)c2cnc(Cl)nc21. The molecule has 1 aromatic rings. The molecule has 1 aliphatic heterocycles. The van der Waals surface area contributed by atoms with Gasteiger partial charge in [-0.05, 0) is 43.2 Å². The van der Waals surface area contributed by atoms with Crippen LogP contribution in [0.4, 0.5) is 5.82 Å². The van der Waals surface area contributed by atoms with Crippen molar-refractivity contribution in [2.45, 2.75) is 50.5 Å². The molecule has 0 saturated heterocycles. The molecule has 2 fully saturated rings. The van der Waals surface area contributed by atoms with Gasteiger partial charge in [-0.15, -0.1) is 0 Å². The zero-order chi connectivity index (χ0) is 13.2. The molecule has 2 saturated carbocycles. The third-order valence-electron chi connectivity index (χ3n) is 5.01. The normalized spacial score (nSPS) is 31.1. The fraction of sp³-hybridized carbons (Fsp3) is 0.643. The van der Waals surface area contributed by atoms with Crippen LogP contribution in [0, 0.1) is 5.92 Å². The molecule has 1 aromatic heterocycles. The zero-order valence-electron chi connectivity index (χ0n) is 10.9. The van der Waals surface area contributed by atoms with E-state index in [0.717, 1.165) is 30.6 Å². The van der Waals surface area contributed by atoms with Crippen LogP contribution in [0.15, 0.2) is 6.20 Å². The highest BCUT2D eigenvalue weighted by Gasteiger charge is 2.61. The maximum Gasteiger partial charge on any atom is 0.239 e. The Hall–Kier alpha value is -1.16. The Balaban J connectivity index is 1.84. The first-order valence-electron chi connectivity index (χ1n) is 7.00. The summed E-state index contributed by atoms with van der Waals surface area (Å²) in [7, 11) is 0. The maximum atomic E-state index is 12.8. The zero-order valence-corrected chi connectivity index (χ0v) is 11.7. The lowest BCUT2D eigenvalue weighted by molar-refractivity contribution is -0.120. The number of rotatable bonds is 1. The van der Waals surface area contributed by atoms with Gasteiger partial charge in [-0.1, -0.05) is 13.3 Å². The van der Waals surface area contributed by atoms with Gasteiger partial charge in [0.05, 0.1) is 5.41 Å². The molecule has 100 valence electrons. The lowest BCUT2D eigenvalue weighted by Gasteiger charge is -2.28. The molecule has 1 spiro atoms. The molecular formula is C14H16ClN3O. The summed E-state index contributed by atoms with van der Waals surface area (Å²) in [6.07, 6.45) is 7.08. The third kappa shape index (κ3) is 1.43. The molecule has 1 amide bonds. The van der Waals surface area contributed by atoms with Crippen LogP contribution in [0.1, 0.15) is 44.6 Å². The molecular weight excluding hydrogens is 262 g/mol. The summed E-state index contributed by atoms with van der Waals surface area (Å²) >= 11 is 5.93. The van der Waals surface area contributed by atoms with Crippen molar-refractivity contribution >= 4 is 23.3 Å². The van der Waals surface area contributed by atoms with E-state index in [1.807, 2.05) is 4.90 Å². The van der Waals surface area contributed by atoms with Crippen molar-refractivity contribution in [2.24, 2.45) is 5.92 Å². The minimum Gasteiger partial charge on any atom is -0.292 e. The molecule has 0 bridgehead atoms. The fourth-order valence-corrected chi connectivity index (χ4v) is 3.87. The Kier molecular flexibility index (Phi) is 2.26. The van der Waals surface area contributed by atoms with Crippen LogP contribution in [0.2, 0.25) is 5.28 Å². The quantitative estimate of drug-likeness (QED) is 0.742. The highest BCUT2D eigenvalue weighted by molar-refractivity contribution is 6.28. The van der Waals surface area contributed by atoms with Crippen LogP contribution in [0.25, 0.3) is 0 Å².